The summed E-state index contributed by atoms with van der Waals surface area (Å²) in [6.45, 7) is 0. The molecule has 2 unspecified atom stereocenters. The summed E-state index contributed by atoms with van der Waals surface area (Å²) in [6, 6.07) is 12.8. The Kier molecular flexibility index (Phi) is 4.71. The average Bonchev–Trinajstić information content (AvgIpc) is 3.22. The number of nitrogens with zero attached hydrogens (tertiary/aromatic N) is 2. The molecule has 5 rings (SSSR count). The molecule has 1 N–H and O–H groups in total. The highest BCUT2D eigenvalue weighted by Gasteiger charge is 2.49. The van der Waals surface area contributed by atoms with E-state index in [0.717, 1.165) is 47.5 Å². The topological polar surface area (TPSA) is 66.1 Å². The predicted octanol–water partition coefficient (Wildman–Crippen LogP) is 4.66. The summed E-state index contributed by atoms with van der Waals surface area (Å²) in [5.74, 6) is -0.0710. The van der Waals surface area contributed by atoms with E-state index in [4.69, 9.17) is 0 Å². The SMILES string of the molecule is O=S(=O)(c1ccc(C(F)(F)F)cc1)N1C2CC[C@@H](c3ccccc3)C1c1cn[nH]c1C2. The number of halogens is 3. The molecule has 9 heteroatoms. The smallest absolute Gasteiger partial charge is 0.282 e. The maximum atomic E-state index is 13.7. The van der Waals surface area contributed by atoms with Gasteiger partial charge in [0.05, 0.1) is 22.7 Å². The lowest BCUT2D eigenvalue weighted by atomic mass is 9.75. The van der Waals surface area contributed by atoms with Gasteiger partial charge in [0.25, 0.3) is 0 Å². The van der Waals surface area contributed by atoms with Gasteiger partial charge in [-0.05, 0) is 42.7 Å². The van der Waals surface area contributed by atoms with Gasteiger partial charge >= 0.3 is 6.18 Å². The molecular formula is C22H20F3N3O2S. The van der Waals surface area contributed by atoms with Crippen molar-refractivity contribution >= 4 is 10.0 Å². The summed E-state index contributed by atoms with van der Waals surface area (Å²) in [5.41, 5.74) is 1.92. The Balaban J connectivity index is 1.60. The van der Waals surface area contributed by atoms with Crippen molar-refractivity contribution in [1.82, 2.24) is 14.5 Å². The fourth-order valence-electron chi connectivity index (χ4n) is 4.92. The summed E-state index contributed by atoms with van der Waals surface area (Å²) in [7, 11) is -4.02. The van der Waals surface area contributed by atoms with Crippen LogP contribution in [0, 0.1) is 0 Å². The molecule has 2 aliphatic heterocycles. The second-order valence-electron chi connectivity index (χ2n) is 8.06. The standard InChI is InChI=1S/C22H20F3N3O2S/c23-22(24,25)15-6-9-17(10-7-15)31(29,30)28-16-8-11-18(14-4-2-1-3-5-14)21(28)19-13-26-27-20(19)12-16/h1-7,9-10,13,16,18,21H,8,11-12H2,(H,26,27)/t16?,18-,21?/m0/s1. The molecule has 5 nitrogen and oxygen atoms in total. The van der Waals surface area contributed by atoms with Gasteiger partial charge in [0.2, 0.25) is 10.0 Å². The lowest BCUT2D eigenvalue weighted by Crippen LogP contribution is -2.51. The number of aromatic amines is 1. The van der Waals surface area contributed by atoms with Gasteiger partial charge in [0, 0.05) is 29.6 Å². The quantitative estimate of drug-likeness (QED) is 0.635. The fraction of sp³-hybridized carbons (Fsp3) is 0.318. The normalized spacial score (nSPS) is 24.0. The van der Waals surface area contributed by atoms with Crippen LogP contribution < -0.4 is 0 Å². The minimum Gasteiger partial charge on any atom is -0.282 e. The summed E-state index contributed by atoms with van der Waals surface area (Å²) < 4.78 is 67.7. The Morgan fingerprint density at radius 2 is 1.71 bits per heavy atom. The highest BCUT2D eigenvalue weighted by atomic mass is 32.2. The summed E-state index contributed by atoms with van der Waals surface area (Å²) in [4.78, 5) is -0.129. The van der Waals surface area contributed by atoms with E-state index in [0.29, 0.717) is 12.8 Å². The summed E-state index contributed by atoms with van der Waals surface area (Å²) in [5, 5.41) is 7.15. The van der Waals surface area contributed by atoms with E-state index in [9.17, 15) is 21.6 Å². The summed E-state index contributed by atoms with van der Waals surface area (Å²) in [6.07, 6.45) is -0.856. The molecule has 0 aliphatic carbocycles. The molecule has 1 aromatic heterocycles. The summed E-state index contributed by atoms with van der Waals surface area (Å²) >= 11 is 0. The van der Waals surface area contributed by atoms with Gasteiger partial charge in [0.1, 0.15) is 0 Å². The first kappa shape index (κ1) is 20.3. The number of H-pyrrole nitrogens is 1. The van der Waals surface area contributed by atoms with Crippen molar-refractivity contribution in [2.24, 2.45) is 0 Å². The third-order valence-corrected chi connectivity index (χ3v) is 8.27. The van der Waals surface area contributed by atoms with Crippen LogP contribution in [0.5, 0.6) is 0 Å². The number of fused-ring (bicyclic) bond motifs is 4. The minimum atomic E-state index is -4.52. The molecule has 3 aromatic rings. The molecule has 0 saturated carbocycles. The van der Waals surface area contributed by atoms with Gasteiger partial charge in [-0.15, -0.1) is 0 Å². The highest BCUT2D eigenvalue weighted by molar-refractivity contribution is 7.89. The third-order valence-electron chi connectivity index (χ3n) is 6.32. The van der Waals surface area contributed by atoms with Gasteiger partial charge in [-0.1, -0.05) is 30.3 Å². The third kappa shape index (κ3) is 3.36. The monoisotopic (exact) mass is 447 g/mol. The van der Waals surface area contributed by atoms with Crippen LogP contribution in [-0.4, -0.2) is 29.0 Å². The van der Waals surface area contributed by atoms with Crippen molar-refractivity contribution in [3.63, 3.8) is 0 Å². The van der Waals surface area contributed by atoms with Crippen LogP contribution in [0.4, 0.5) is 13.2 Å². The molecule has 0 radical (unpaired) electrons. The van der Waals surface area contributed by atoms with Crippen molar-refractivity contribution < 1.29 is 21.6 Å². The van der Waals surface area contributed by atoms with Crippen LogP contribution in [0.1, 0.15) is 47.2 Å². The molecule has 0 amide bonds. The van der Waals surface area contributed by atoms with E-state index in [2.05, 4.69) is 10.2 Å². The van der Waals surface area contributed by atoms with Gasteiger partial charge < -0.3 is 0 Å². The Hall–Kier alpha value is -2.65. The molecule has 0 spiro atoms. The maximum absolute atomic E-state index is 13.7. The van der Waals surface area contributed by atoms with E-state index in [1.165, 1.54) is 4.31 Å². The number of hydrogen-bond acceptors (Lipinski definition) is 3. The maximum Gasteiger partial charge on any atom is 0.416 e. The van der Waals surface area contributed by atoms with Crippen molar-refractivity contribution in [2.75, 3.05) is 0 Å². The molecule has 1 saturated heterocycles. The molecule has 2 aromatic carbocycles. The lowest BCUT2D eigenvalue weighted by Gasteiger charge is -2.48. The lowest BCUT2D eigenvalue weighted by molar-refractivity contribution is -0.137. The number of alkyl halides is 3. The zero-order chi connectivity index (χ0) is 21.8. The Morgan fingerprint density at radius 1 is 1.00 bits per heavy atom. The van der Waals surface area contributed by atoms with Crippen LogP contribution >= 0.6 is 0 Å². The molecule has 3 atom stereocenters. The van der Waals surface area contributed by atoms with Crippen molar-refractivity contribution in [3.05, 3.63) is 83.2 Å². The Bertz CT molecular complexity index is 1190. The molecular weight excluding hydrogens is 427 g/mol. The molecule has 31 heavy (non-hydrogen) atoms. The molecule has 2 bridgehead atoms. The zero-order valence-corrected chi connectivity index (χ0v) is 17.2. The van der Waals surface area contributed by atoms with Crippen molar-refractivity contribution in [1.29, 1.82) is 0 Å². The second kappa shape index (κ2) is 7.20. The Morgan fingerprint density at radius 3 is 2.39 bits per heavy atom. The minimum absolute atomic E-state index is 0.0710. The van der Waals surface area contributed by atoms with Crippen molar-refractivity contribution in [3.8, 4) is 0 Å². The Labute approximate surface area is 178 Å². The van der Waals surface area contributed by atoms with E-state index < -0.39 is 27.8 Å². The molecule has 162 valence electrons. The van der Waals surface area contributed by atoms with Crippen LogP contribution in [0.15, 0.2) is 65.7 Å². The van der Waals surface area contributed by atoms with E-state index >= 15 is 0 Å². The number of benzene rings is 2. The first-order chi connectivity index (χ1) is 14.8. The number of rotatable bonds is 3. The number of piperidine rings is 1. The average molecular weight is 447 g/mol. The van der Waals surface area contributed by atoms with E-state index in [1.807, 2.05) is 30.3 Å². The zero-order valence-electron chi connectivity index (χ0n) is 16.4. The largest absolute Gasteiger partial charge is 0.416 e. The molecule has 1 fully saturated rings. The number of sulfonamides is 1. The first-order valence-electron chi connectivity index (χ1n) is 10.0. The van der Waals surface area contributed by atoms with Crippen molar-refractivity contribution in [2.45, 2.75) is 48.3 Å². The van der Waals surface area contributed by atoms with Gasteiger partial charge in [-0.3, -0.25) is 5.10 Å². The predicted molar refractivity (Wildman–Crippen MR) is 108 cm³/mol. The molecule has 3 heterocycles. The van der Waals surface area contributed by atoms with Gasteiger partial charge in [0.15, 0.2) is 0 Å². The van der Waals surface area contributed by atoms with Crippen LogP contribution in [0.25, 0.3) is 0 Å². The molecule has 2 aliphatic rings. The first-order valence-corrected chi connectivity index (χ1v) is 11.5. The number of aromatic nitrogens is 2. The fourth-order valence-corrected chi connectivity index (χ4v) is 6.77. The number of nitrogens with one attached hydrogen (secondary N) is 1. The van der Waals surface area contributed by atoms with Crippen LogP contribution in [0.2, 0.25) is 0 Å². The highest BCUT2D eigenvalue weighted by Crippen LogP contribution is 2.51. The van der Waals surface area contributed by atoms with Gasteiger partial charge in [-0.2, -0.15) is 22.6 Å². The van der Waals surface area contributed by atoms with Crippen LogP contribution in [0.3, 0.4) is 0 Å². The van der Waals surface area contributed by atoms with Gasteiger partial charge in [-0.25, -0.2) is 8.42 Å². The van der Waals surface area contributed by atoms with E-state index in [1.54, 1.807) is 6.20 Å². The number of hydrogen-bond donors (Lipinski definition) is 1. The van der Waals surface area contributed by atoms with E-state index in [-0.39, 0.29) is 16.9 Å². The second-order valence-corrected chi connectivity index (χ2v) is 9.90. The van der Waals surface area contributed by atoms with Crippen LogP contribution in [-0.2, 0) is 22.6 Å².